The van der Waals surface area contributed by atoms with Crippen molar-refractivity contribution in [1.29, 1.82) is 0 Å². The lowest BCUT2D eigenvalue weighted by molar-refractivity contribution is 0.875. The van der Waals surface area contributed by atoms with Crippen molar-refractivity contribution in [3.8, 4) is 0 Å². The molecule has 8 heteroatoms. The zero-order chi connectivity index (χ0) is 18.8. The van der Waals surface area contributed by atoms with E-state index in [-0.39, 0.29) is 5.56 Å². The second kappa shape index (κ2) is 7.24. The first-order chi connectivity index (χ1) is 13.1. The molecule has 7 nitrogen and oxygen atoms in total. The lowest BCUT2D eigenvalue weighted by Gasteiger charge is -2.09. The van der Waals surface area contributed by atoms with Crippen LogP contribution in [0.4, 0.5) is 11.6 Å². The average Bonchev–Trinajstić information content (AvgIpc) is 3.29. The number of H-pyrrole nitrogens is 1. The van der Waals surface area contributed by atoms with Gasteiger partial charge in [-0.3, -0.25) is 9.89 Å². The Balaban J connectivity index is 1.51. The predicted octanol–water partition coefficient (Wildman–Crippen LogP) is 3.32. The van der Waals surface area contributed by atoms with E-state index in [4.69, 9.17) is 0 Å². The lowest BCUT2D eigenvalue weighted by Crippen LogP contribution is -2.17. The van der Waals surface area contributed by atoms with Crippen LogP contribution >= 0.6 is 11.3 Å². The zero-order valence-corrected chi connectivity index (χ0v) is 15.9. The number of nitrogens with zero attached hydrogens (tertiary/aromatic N) is 3. The number of thiophene rings is 1. The first kappa shape index (κ1) is 17.3. The van der Waals surface area contributed by atoms with Crippen LogP contribution in [0, 0.1) is 13.8 Å². The van der Waals surface area contributed by atoms with Crippen LogP contribution in [-0.2, 0) is 13.1 Å². The zero-order valence-electron chi connectivity index (χ0n) is 15.1. The Morgan fingerprint density at radius 3 is 2.78 bits per heavy atom. The van der Waals surface area contributed by atoms with Crippen molar-refractivity contribution in [2.75, 3.05) is 10.6 Å². The summed E-state index contributed by atoms with van der Waals surface area (Å²) in [5.41, 5.74) is 3.87. The Morgan fingerprint density at radius 1 is 1.11 bits per heavy atom. The van der Waals surface area contributed by atoms with Crippen LogP contribution in [0.25, 0.3) is 5.78 Å². The second-order valence-corrected chi connectivity index (χ2v) is 7.43. The van der Waals surface area contributed by atoms with E-state index in [1.165, 1.54) is 21.0 Å². The quantitative estimate of drug-likeness (QED) is 0.478. The van der Waals surface area contributed by atoms with Gasteiger partial charge >= 0.3 is 0 Å². The number of hydrogen-bond donors (Lipinski definition) is 3. The van der Waals surface area contributed by atoms with Gasteiger partial charge in [0.15, 0.2) is 0 Å². The fourth-order valence-electron chi connectivity index (χ4n) is 2.88. The van der Waals surface area contributed by atoms with E-state index in [1.807, 2.05) is 23.6 Å². The number of hydrogen-bond acceptors (Lipinski definition) is 6. The van der Waals surface area contributed by atoms with Gasteiger partial charge in [0.05, 0.1) is 18.8 Å². The number of anilines is 2. The van der Waals surface area contributed by atoms with Crippen LogP contribution in [0.3, 0.4) is 0 Å². The molecule has 0 aliphatic heterocycles. The van der Waals surface area contributed by atoms with Gasteiger partial charge in [0.1, 0.15) is 0 Å². The highest BCUT2D eigenvalue weighted by atomic mass is 32.1. The van der Waals surface area contributed by atoms with E-state index in [2.05, 4.69) is 51.7 Å². The SMILES string of the molecule is Cc1ccc(NCc2cc(=O)n3[nH]c(NCc4cccs4)nc3n2)c(C)c1. The van der Waals surface area contributed by atoms with Crippen molar-refractivity contribution in [2.24, 2.45) is 0 Å². The Labute approximate surface area is 160 Å². The highest BCUT2D eigenvalue weighted by Crippen LogP contribution is 2.16. The minimum Gasteiger partial charge on any atom is -0.379 e. The molecule has 3 heterocycles. The number of rotatable bonds is 6. The Morgan fingerprint density at radius 2 is 2.00 bits per heavy atom. The Bertz CT molecular complexity index is 1130. The van der Waals surface area contributed by atoms with Gasteiger partial charge in [-0.15, -0.1) is 11.3 Å². The molecular weight excluding hydrogens is 360 g/mol. The fraction of sp³-hybridized carbons (Fsp3) is 0.211. The molecule has 0 fully saturated rings. The molecule has 3 N–H and O–H groups in total. The number of nitrogens with one attached hydrogen (secondary N) is 3. The summed E-state index contributed by atoms with van der Waals surface area (Å²) in [6.45, 7) is 5.22. The molecule has 0 aliphatic carbocycles. The normalized spacial score (nSPS) is 11.0. The maximum atomic E-state index is 12.4. The summed E-state index contributed by atoms with van der Waals surface area (Å²) in [6.07, 6.45) is 0. The van der Waals surface area contributed by atoms with E-state index in [9.17, 15) is 4.79 Å². The molecule has 0 atom stereocenters. The Hall–Kier alpha value is -3.13. The first-order valence-corrected chi connectivity index (χ1v) is 9.52. The molecule has 3 aromatic heterocycles. The molecule has 4 rings (SSSR count). The molecule has 138 valence electrons. The third-order valence-corrected chi connectivity index (χ3v) is 5.11. The van der Waals surface area contributed by atoms with Crippen molar-refractivity contribution in [3.63, 3.8) is 0 Å². The Kier molecular flexibility index (Phi) is 4.64. The molecule has 0 amide bonds. The largest absolute Gasteiger partial charge is 0.379 e. The summed E-state index contributed by atoms with van der Waals surface area (Å²) < 4.78 is 1.34. The minimum atomic E-state index is -0.186. The number of fused-ring (bicyclic) bond motifs is 1. The van der Waals surface area contributed by atoms with E-state index < -0.39 is 0 Å². The molecule has 0 saturated heterocycles. The maximum Gasteiger partial charge on any atom is 0.274 e. The lowest BCUT2D eigenvalue weighted by atomic mass is 10.1. The van der Waals surface area contributed by atoms with Gasteiger partial charge in [0, 0.05) is 16.6 Å². The van der Waals surface area contributed by atoms with Crippen LogP contribution in [-0.4, -0.2) is 19.6 Å². The summed E-state index contributed by atoms with van der Waals surface area (Å²) in [6, 6.07) is 11.8. The highest BCUT2D eigenvalue weighted by Gasteiger charge is 2.09. The fourth-order valence-corrected chi connectivity index (χ4v) is 3.52. The topological polar surface area (TPSA) is 87.1 Å². The van der Waals surface area contributed by atoms with Gasteiger partial charge < -0.3 is 10.6 Å². The smallest absolute Gasteiger partial charge is 0.274 e. The molecule has 0 aliphatic rings. The highest BCUT2D eigenvalue weighted by molar-refractivity contribution is 7.09. The van der Waals surface area contributed by atoms with Crippen LogP contribution in [0.5, 0.6) is 0 Å². The molecule has 0 bridgehead atoms. The van der Waals surface area contributed by atoms with E-state index in [0.717, 1.165) is 11.3 Å². The van der Waals surface area contributed by atoms with E-state index >= 15 is 0 Å². The number of aromatic amines is 1. The first-order valence-electron chi connectivity index (χ1n) is 8.64. The van der Waals surface area contributed by atoms with E-state index in [0.29, 0.717) is 30.5 Å². The van der Waals surface area contributed by atoms with Crippen molar-refractivity contribution in [2.45, 2.75) is 26.9 Å². The van der Waals surface area contributed by atoms with Gasteiger partial charge in [-0.2, -0.15) is 9.50 Å². The van der Waals surface area contributed by atoms with Crippen LogP contribution in [0.2, 0.25) is 0 Å². The third kappa shape index (κ3) is 3.85. The molecule has 4 aromatic rings. The third-order valence-electron chi connectivity index (χ3n) is 4.24. The van der Waals surface area contributed by atoms with Gasteiger partial charge in [-0.1, -0.05) is 23.8 Å². The van der Waals surface area contributed by atoms with Crippen LogP contribution in [0.15, 0.2) is 46.6 Å². The summed E-state index contributed by atoms with van der Waals surface area (Å²) in [7, 11) is 0. The predicted molar refractivity (Wildman–Crippen MR) is 108 cm³/mol. The molecule has 27 heavy (non-hydrogen) atoms. The summed E-state index contributed by atoms with van der Waals surface area (Å²) >= 11 is 1.66. The molecule has 0 radical (unpaired) electrons. The van der Waals surface area contributed by atoms with E-state index in [1.54, 1.807) is 11.3 Å². The number of aryl methyl sites for hydroxylation is 2. The molecule has 0 unspecified atom stereocenters. The summed E-state index contributed by atoms with van der Waals surface area (Å²) in [5.74, 6) is 0.876. The van der Waals surface area contributed by atoms with Gasteiger partial charge in [-0.25, -0.2) is 4.98 Å². The monoisotopic (exact) mass is 380 g/mol. The van der Waals surface area contributed by atoms with Crippen molar-refractivity contribution in [3.05, 3.63) is 73.8 Å². The molecule has 0 saturated carbocycles. The minimum absolute atomic E-state index is 0.186. The maximum absolute atomic E-state index is 12.4. The van der Waals surface area contributed by atoms with Gasteiger partial charge in [-0.05, 0) is 36.9 Å². The van der Waals surface area contributed by atoms with Crippen LogP contribution in [0.1, 0.15) is 21.7 Å². The summed E-state index contributed by atoms with van der Waals surface area (Å²) in [4.78, 5) is 22.4. The van der Waals surface area contributed by atoms with Gasteiger partial charge in [0.25, 0.3) is 11.3 Å². The van der Waals surface area contributed by atoms with Crippen molar-refractivity contribution in [1.82, 2.24) is 19.6 Å². The average molecular weight is 380 g/mol. The van der Waals surface area contributed by atoms with Gasteiger partial charge in [0.2, 0.25) is 5.95 Å². The summed E-state index contributed by atoms with van der Waals surface area (Å²) in [5, 5.41) is 11.5. The number of benzene rings is 1. The molecule has 1 aromatic carbocycles. The standard InChI is InChI=1S/C19H20N6OS/c1-12-5-6-16(13(2)8-12)20-10-14-9-17(26)25-19(22-14)23-18(24-25)21-11-15-4-3-7-27-15/h3-9,20H,10-11H2,1-2H3,(H2,21,22,23,24). The molecular formula is C19H20N6OS. The number of aromatic nitrogens is 4. The van der Waals surface area contributed by atoms with Crippen molar-refractivity contribution < 1.29 is 0 Å². The second-order valence-electron chi connectivity index (χ2n) is 6.40. The van der Waals surface area contributed by atoms with Crippen molar-refractivity contribution >= 4 is 28.8 Å². The van der Waals surface area contributed by atoms with Crippen LogP contribution < -0.4 is 16.2 Å². The molecule has 0 spiro atoms.